The summed E-state index contributed by atoms with van der Waals surface area (Å²) in [4.78, 5) is 13.7. The number of benzene rings is 1. The van der Waals surface area contributed by atoms with Crippen molar-refractivity contribution in [3.05, 3.63) is 29.8 Å². The van der Waals surface area contributed by atoms with E-state index in [0.717, 1.165) is 18.6 Å². The Kier molecular flexibility index (Phi) is 3.71. The Morgan fingerprint density at radius 3 is 2.44 bits per heavy atom. The molecule has 1 saturated carbocycles. The smallest absolute Gasteiger partial charge is 0.133 e. The van der Waals surface area contributed by atoms with Crippen LogP contribution in [0.3, 0.4) is 0 Å². The lowest BCUT2D eigenvalue weighted by Gasteiger charge is -2.43. The first kappa shape index (κ1) is 13.1. The topological polar surface area (TPSA) is 29.5 Å². The maximum Gasteiger partial charge on any atom is 0.133 e. The fourth-order valence-electron chi connectivity index (χ4n) is 2.85. The Bertz CT molecular complexity index is 430. The summed E-state index contributed by atoms with van der Waals surface area (Å²) in [6.45, 7) is 0. The van der Waals surface area contributed by atoms with Crippen LogP contribution in [0.1, 0.15) is 31.2 Å². The van der Waals surface area contributed by atoms with Gasteiger partial charge in [0.25, 0.3) is 0 Å². The average Bonchev–Trinajstić information content (AvgIpc) is 2.39. The van der Waals surface area contributed by atoms with Gasteiger partial charge >= 0.3 is 0 Å². The molecule has 0 spiro atoms. The number of nitrogens with zero attached hydrogens (tertiary/aromatic N) is 1. The number of hydrogen-bond acceptors (Lipinski definition) is 3. The summed E-state index contributed by atoms with van der Waals surface area (Å²) < 4.78 is 5.31. The summed E-state index contributed by atoms with van der Waals surface area (Å²) in [6.07, 6.45) is 3.14. The highest BCUT2D eigenvalue weighted by atomic mass is 16.5. The quantitative estimate of drug-likeness (QED) is 0.822. The number of rotatable bonds is 3. The lowest BCUT2D eigenvalue weighted by atomic mass is 9.75. The standard InChI is InChI=1S/C15H21NO2/c1-16(2)15(9-7-13(17)8-10-15)12-5-4-6-14(11-12)18-3/h4-6,11H,7-10H2,1-3H3. The first-order valence-electron chi connectivity index (χ1n) is 6.42. The highest BCUT2D eigenvalue weighted by molar-refractivity contribution is 5.79. The molecular weight excluding hydrogens is 226 g/mol. The van der Waals surface area contributed by atoms with E-state index in [1.165, 1.54) is 5.56 Å². The molecule has 2 rings (SSSR count). The zero-order chi connectivity index (χ0) is 13.2. The molecule has 18 heavy (non-hydrogen) atoms. The van der Waals surface area contributed by atoms with Crippen LogP contribution >= 0.6 is 0 Å². The van der Waals surface area contributed by atoms with Gasteiger partial charge in [-0.1, -0.05) is 12.1 Å². The van der Waals surface area contributed by atoms with Crippen molar-refractivity contribution in [2.24, 2.45) is 0 Å². The van der Waals surface area contributed by atoms with Crippen molar-refractivity contribution in [2.45, 2.75) is 31.2 Å². The molecule has 1 fully saturated rings. The molecule has 1 aromatic rings. The predicted octanol–water partition coefficient (Wildman–Crippen LogP) is 2.60. The van der Waals surface area contributed by atoms with Gasteiger partial charge in [0.2, 0.25) is 0 Å². The molecule has 98 valence electrons. The van der Waals surface area contributed by atoms with Crippen LogP contribution in [0.5, 0.6) is 5.75 Å². The van der Waals surface area contributed by atoms with E-state index in [0.29, 0.717) is 18.6 Å². The Labute approximate surface area is 109 Å². The van der Waals surface area contributed by atoms with Gasteiger partial charge in [-0.2, -0.15) is 0 Å². The molecule has 3 nitrogen and oxygen atoms in total. The lowest BCUT2D eigenvalue weighted by molar-refractivity contribution is -0.122. The molecule has 1 aromatic carbocycles. The number of Topliss-reactive ketones (excluding diaryl/α,β-unsaturated/α-hetero) is 1. The molecule has 0 radical (unpaired) electrons. The van der Waals surface area contributed by atoms with E-state index in [1.807, 2.05) is 12.1 Å². The fraction of sp³-hybridized carbons (Fsp3) is 0.533. The van der Waals surface area contributed by atoms with Gasteiger partial charge in [-0.05, 0) is 44.6 Å². The Balaban J connectivity index is 2.37. The van der Waals surface area contributed by atoms with Crippen molar-refractivity contribution >= 4 is 5.78 Å². The van der Waals surface area contributed by atoms with Crippen LogP contribution < -0.4 is 4.74 Å². The Hall–Kier alpha value is -1.35. The van der Waals surface area contributed by atoms with Crippen LogP contribution in [0.4, 0.5) is 0 Å². The van der Waals surface area contributed by atoms with Gasteiger partial charge in [0, 0.05) is 18.4 Å². The van der Waals surface area contributed by atoms with Crippen LogP contribution in [0.25, 0.3) is 0 Å². The summed E-state index contributed by atoms with van der Waals surface area (Å²) in [5, 5.41) is 0. The molecule has 3 heteroatoms. The lowest BCUT2D eigenvalue weighted by Crippen LogP contribution is -2.44. The minimum absolute atomic E-state index is 0.0253. The number of ether oxygens (including phenoxy) is 1. The summed E-state index contributed by atoms with van der Waals surface area (Å²) in [5.74, 6) is 1.26. The third-order valence-electron chi connectivity index (χ3n) is 4.10. The normalized spacial score (nSPS) is 19.0. The second-order valence-corrected chi connectivity index (χ2v) is 5.20. The SMILES string of the molecule is COc1cccc(C2(N(C)C)CCC(=O)CC2)c1. The van der Waals surface area contributed by atoms with Gasteiger partial charge in [0.05, 0.1) is 7.11 Å². The number of carbonyl (C=O) groups is 1. The monoisotopic (exact) mass is 247 g/mol. The second-order valence-electron chi connectivity index (χ2n) is 5.20. The zero-order valence-electron chi connectivity index (χ0n) is 11.4. The average molecular weight is 247 g/mol. The maximum atomic E-state index is 11.5. The molecule has 0 atom stereocenters. The Morgan fingerprint density at radius 2 is 1.89 bits per heavy atom. The summed E-state index contributed by atoms with van der Waals surface area (Å²) in [6, 6.07) is 8.21. The van der Waals surface area contributed by atoms with Crippen molar-refractivity contribution in [3.8, 4) is 5.75 Å². The minimum Gasteiger partial charge on any atom is -0.497 e. The van der Waals surface area contributed by atoms with Crippen molar-refractivity contribution < 1.29 is 9.53 Å². The first-order valence-corrected chi connectivity index (χ1v) is 6.42. The maximum absolute atomic E-state index is 11.5. The van der Waals surface area contributed by atoms with Crippen molar-refractivity contribution in [1.29, 1.82) is 0 Å². The molecule has 0 amide bonds. The molecular formula is C15H21NO2. The summed E-state index contributed by atoms with van der Waals surface area (Å²) >= 11 is 0. The predicted molar refractivity (Wildman–Crippen MR) is 71.8 cm³/mol. The molecule has 0 N–H and O–H groups in total. The summed E-state index contributed by atoms with van der Waals surface area (Å²) in [7, 11) is 5.87. The van der Waals surface area contributed by atoms with E-state index in [9.17, 15) is 4.79 Å². The van der Waals surface area contributed by atoms with Gasteiger partial charge in [0.1, 0.15) is 11.5 Å². The van der Waals surface area contributed by atoms with E-state index in [-0.39, 0.29) is 5.54 Å². The number of carbonyl (C=O) groups excluding carboxylic acids is 1. The van der Waals surface area contributed by atoms with E-state index < -0.39 is 0 Å². The Morgan fingerprint density at radius 1 is 1.22 bits per heavy atom. The van der Waals surface area contributed by atoms with Crippen molar-refractivity contribution in [3.63, 3.8) is 0 Å². The molecule has 1 aliphatic carbocycles. The van der Waals surface area contributed by atoms with Gasteiger partial charge in [-0.25, -0.2) is 0 Å². The van der Waals surface area contributed by atoms with Gasteiger partial charge in [0.15, 0.2) is 0 Å². The van der Waals surface area contributed by atoms with Crippen molar-refractivity contribution in [2.75, 3.05) is 21.2 Å². The van der Waals surface area contributed by atoms with Crippen LogP contribution in [0.15, 0.2) is 24.3 Å². The second kappa shape index (κ2) is 5.11. The van der Waals surface area contributed by atoms with Crippen LogP contribution in [0, 0.1) is 0 Å². The summed E-state index contributed by atoms with van der Waals surface area (Å²) in [5.41, 5.74) is 1.22. The van der Waals surface area contributed by atoms with E-state index >= 15 is 0 Å². The fourth-order valence-corrected chi connectivity index (χ4v) is 2.85. The molecule has 0 bridgehead atoms. The highest BCUT2D eigenvalue weighted by Gasteiger charge is 2.38. The number of methoxy groups -OCH3 is 1. The van der Waals surface area contributed by atoms with Crippen molar-refractivity contribution in [1.82, 2.24) is 4.90 Å². The largest absolute Gasteiger partial charge is 0.497 e. The molecule has 1 aliphatic rings. The van der Waals surface area contributed by atoms with E-state index in [4.69, 9.17) is 4.74 Å². The van der Waals surface area contributed by atoms with Gasteiger partial charge in [-0.3, -0.25) is 9.69 Å². The zero-order valence-corrected chi connectivity index (χ0v) is 11.4. The van der Waals surface area contributed by atoms with E-state index in [1.54, 1.807) is 7.11 Å². The molecule has 0 saturated heterocycles. The highest BCUT2D eigenvalue weighted by Crippen LogP contribution is 2.40. The number of hydrogen-bond donors (Lipinski definition) is 0. The minimum atomic E-state index is -0.0253. The van der Waals surface area contributed by atoms with Gasteiger partial charge in [-0.15, -0.1) is 0 Å². The van der Waals surface area contributed by atoms with Crippen LogP contribution in [-0.4, -0.2) is 31.9 Å². The van der Waals surface area contributed by atoms with Crippen LogP contribution in [0.2, 0.25) is 0 Å². The third kappa shape index (κ3) is 2.27. The van der Waals surface area contributed by atoms with Gasteiger partial charge < -0.3 is 4.74 Å². The van der Waals surface area contributed by atoms with Crippen LogP contribution in [-0.2, 0) is 10.3 Å². The first-order chi connectivity index (χ1) is 8.58. The van der Waals surface area contributed by atoms with E-state index in [2.05, 4.69) is 31.1 Å². The molecule has 0 aromatic heterocycles. The molecule has 0 heterocycles. The third-order valence-corrected chi connectivity index (χ3v) is 4.10. The molecule has 0 aliphatic heterocycles. The number of ketones is 1. The molecule has 0 unspecified atom stereocenters.